The minimum Gasteiger partial charge on any atom is -0.478 e. The third-order valence-electron chi connectivity index (χ3n) is 2.45. The number of thiazole rings is 1. The number of aryl methyl sites for hydroxylation is 1. The van der Waals surface area contributed by atoms with E-state index in [4.69, 9.17) is 5.11 Å². The second kappa shape index (κ2) is 5.60. The monoisotopic (exact) mass is 259 g/mol. The van der Waals surface area contributed by atoms with Crippen LogP contribution in [0.15, 0.2) is 41.8 Å². The normalized spacial score (nSPS) is 10.9. The average Bonchev–Trinajstić information content (AvgIpc) is 2.78. The summed E-state index contributed by atoms with van der Waals surface area (Å²) in [6.07, 6.45) is 3.32. The summed E-state index contributed by atoms with van der Waals surface area (Å²) in [6.45, 7) is 2.05. The number of carboxylic acids is 1. The van der Waals surface area contributed by atoms with Crippen molar-refractivity contribution in [2.24, 2.45) is 0 Å². The predicted octanol–water partition coefficient (Wildman–Crippen LogP) is 3.30. The molecule has 1 aromatic carbocycles. The first kappa shape index (κ1) is 12.5. The second-order valence-corrected chi connectivity index (χ2v) is 4.88. The van der Waals surface area contributed by atoms with Crippen molar-refractivity contribution in [1.82, 2.24) is 4.98 Å². The second-order valence-electron chi connectivity index (χ2n) is 3.94. The zero-order valence-electron chi connectivity index (χ0n) is 9.96. The van der Waals surface area contributed by atoms with E-state index in [1.54, 1.807) is 17.4 Å². The SMILES string of the molecule is Cc1ccc(-c2csc(C/C=C/C(=O)O)n2)cc1. The number of nitrogens with zero attached hydrogens (tertiary/aromatic N) is 1. The number of benzene rings is 1. The quantitative estimate of drug-likeness (QED) is 0.857. The lowest BCUT2D eigenvalue weighted by atomic mass is 10.1. The highest BCUT2D eigenvalue weighted by molar-refractivity contribution is 7.10. The van der Waals surface area contributed by atoms with Crippen LogP contribution in [0.25, 0.3) is 11.3 Å². The molecule has 4 heteroatoms. The standard InChI is InChI=1S/C14H13NO2S/c1-10-5-7-11(8-6-10)12-9-18-13(15-12)3-2-4-14(16)17/h2,4-9H,3H2,1H3,(H,16,17)/b4-2+. The first-order valence-corrected chi connectivity index (χ1v) is 6.44. The van der Waals surface area contributed by atoms with Crippen LogP contribution in [0, 0.1) is 6.92 Å². The molecule has 0 saturated heterocycles. The van der Waals surface area contributed by atoms with Gasteiger partial charge in [0.2, 0.25) is 0 Å². The Labute approximate surface area is 109 Å². The van der Waals surface area contributed by atoms with Gasteiger partial charge in [-0.2, -0.15) is 0 Å². The van der Waals surface area contributed by atoms with Gasteiger partial charge < -0.3 is 5.11 Å². The largest absolute Gasteiger partial charge is 0.478 e. The van der Waals surface area contributed by atoms with E-state index in [-0.39, 0.29) is 0 Å². The molecule has 1 aromatic heterocycles. The number of aromatic nitrogens is 1. The number of carboxylic acid groups (broad SMARTS) is 1. The molecule has 0 aliphatic rings. The number of hydrogen-bond donors (Lipinski definition) is 1. The summed E-state index contributed by atoms with van der Waals surface area (Å²) in [5, 5.41) is 11.4. The topological polar surface area (TPSA) is 50.2 Å². The molecule has 0 bridgehead atoms. The van der Waals surface area contributed by atoms with Gasteiger partial charge in [0.1, 0.15) is 0 Å². The molecular weight excluding hydrogens is 246 g/mol. The van der Waals surface area contributed by atoms with E-state index in [1.165, 1.54) is 5.56 Å². The summed E-state index contributed by atoms with van der Waals surface area (Å²) in [5.74, 6) is -0.926. The van der Waals surface area contributed by atoms with Gasteiger partial charge in [-0.15, -0.1) is 11.3 Å². The van der Waals surface area contributed by atoms with Crippen molar-refractivity contribution in [3.05, 3.63) is 52.4 Å². The Morgan fingerprint density at radius 3 is 2.78 bits per heavy atom. The Bertz CT molecular complexity index is 570. The van der Waals surface area contributed by atoms with Gasteiger partial charge >= 0.3 is 5.97 Å². The number of allylic oxidation sites excluding steroid dienone is 1. The van der Waals surface area contributed by atoms with Crippen molar-refractivity contribution in [1.29, 1.82) is 0 Å². The smallest absolute Gasteiger partial charge is 0.327 e. The van der Waals surface area contributed by atoms with Crippen molar-refractivity contribution in [2.75, 3.05) is 0 Å². The predicted molar refractivity (Wildman–Crippen MR) is 72.8 cm³/mol. The average molecular weight is 259 g/mol. The van der Waals surface area contributed by atoms with Crippen LogP contribution in [0.1, 0.15) is 10.6 Å². The summed E-state index contributed by atoms with van der Waals surface area (Å²) in [7, 11) is 0. The highest BCUT2D eigenvalue weighted by Crippen LogP contribution is 2.22. The van der Waals surface area contributed by atoms with Crippen molar-refractivity contribution in [3.8, 4) is 11.3 Å². The van der Waals surface area contributed by atoms with E-state index in [0.717, 1.165) is 22.3 Å². The van der Waals surface area contributed by atoms with Gasteiger partial charge in [0.25, 0.3) is 0 Å². The summed E-state index contributed by atoms with van der Waals surface area (Å²) < 4.78 is 0. The van der Waals surface area contributed by atoms with Crippen LogP contribution in [0.5, 0.6) is 0 Å². The molecule has 0 aliphatic carbocycles. The van der Waals surface area contributed by atoms with Crippen LogP contribution in [0.2, 0.25) is 0 Å². The van der Waals surface area contributed by atoms with Gasteiger partial charge in [-0.05, 0) is 6.92 Å². The van der Waals surface area contributed by atoms with E-state index in [0.29, 0.717) is 6.42 Å². The molecule has 0 spiro atoms. The molecule has 18 heavy (non-hydrogen) atoms. The first-order valence-electron chi connectivity index (χ1n) is 5.56. The molecule has 0 atom stereocenters. The number of carbonyl (C=O) groups is 1. The molecule has 2 aromatic rings. The molecule has 1 heterocycles. The lowest BCUT2D eigenvalue weighted by Crippen LogP contribution is -1.87. The van der Waals surface area contributed by atoms with E-state index in [2.05, 4.69) is 17.1 Å². The van der Waals surface area contributed by atoms with Crippen LogP contribution in [0.3, 0.4) is 0 Å². The van der Waals surface area contributed by atoms with Gasteiger partial charge in [0.15, 0.2) is 0 Å². The molecule has 1 N–H and O–H groups in total. The van der Waals surface area contributed by atoms with Gasteiger partial charge in [-0.25, -0.2) is 9.78 Å². The van der Waals surface area contributed by atoms with Crippen molar-refractivity contribution < 1.29 is 9.90 Å². The Morgan fingerprint density at radius 2 is 2.11 bits per heavy atom. The molecule has 0 fully saturated rings. The fourth-order valence-corrected chi connectivity index (χ4v) is 2.30. The van der Waals surface area contributed by atoms with Gasteiger partial charge in [0, 0.05) is 23.4 Å². The fraction of sp³-hybridized carbons (Fsp3) is 0.143. The summed E-state index contributed by atoms with van der Waals surface area (Å²) in [5.41, 5.74) is 3.25. The highest BCUT2D eigenvalue weighted by atomic mass is 32.1. The minimum absolute atomic E-state index is 0.558. The Balaban J connectivity index is 2.10. The molecule has 0 amide bonds. The number of aliphatic carboxylic acids is 1. The lowest BCUT2D eigenvalue weighted by Gasteiger charge is -1.96. The third-order valence-corrected chi connectivity index (χ3v) is 3.32. The van der Waals surface area contributed by atoms with E-state index in [9.17, 15) is 4.79 Å². The first-order chi connectivity index (χ1) is 8.65. The number of rotatable bonds is 4. The Morgan fingerprint density at radius 1 is 1.39 bits per heavy atom. The molecule has 3 nitrogen and oxygen atoms in total. The van der Waals surface area contributed by atoms with Gasteiger partial charge in [-0.1, -0.05) is 35.9 Å². The molecule has 0 unspecified atom stereocenters. The van der Waals surface area contributed by atoms with Gasteiger partial charge in [-0.3, -0.25) is 0 Å². The van der Waals surface area contributed by atoms with Crippen LogP contribution in [-0.2, 0) is 11.2 Å². The van der Waals surface area contributed by atoms with Crippen molar-refractivity contribution in [2.45, 2.75) is 13.3 Å². The summed E-state index contributed by atoms with van der Waals surface area (Å²) >= 11 is 1.54. The summed E-state index contributed by atoms with van der Waals surface area (Å²) in [6, 6.07) is 8.19. The van der Waals surface area contributed by atoms with Crippen LogP contribution < -0.4 is 0 Å². The maximum absolute atomic E-state index is 10.3. The van der Waals surface area contributed by atoms with E-state index < -0.39 is 5.97 Å². The van der Waals surface area contributed by atoms with Crippen LogP contribution >= 0.6 is 11.3 Å². The zero-order chi connectivity index (χ0) is 13.0. The lowest BCUT2D eigenvalue weighted by molar-refractivity contribution is -0.131. The summed E-state index contributed by atoms with van der Waals surface area (Å²) in [4.78, 5) is 14.8. The van der Waals surface area contributed by atoms with Crippen molar-refractivity contribution >= 4 is 17.3 Å². The molecular formula is C14H13NO2S. The van der Waals surface area contributed by atoms with Crippen LogP contribution in [-0.4, -0.2) is 16.1 Å². The van der Waals surface area contributed by atoms with Gasteiger partial charge in [0.05, 0.1) is 10.7 Å². The molecule has 92 valence electrons. The zero-order valence-corrected chi connectivity index (χ0v) is 10.8. The maximum Gasteiger partial charge on any atom is 0.327 e. The Hall–Kier alpha value is -1.94. The van der Waals surface area contributed by atoms with E-state index >= 15 is 0 Å². The fourth-order valence-electron chi connectivity index (χ4n) is 1.52. The minimum atomic E-state index is -0.926. The highest BCUT2D eigenvalue weighted by Gasteiger charge is 2.03. The Kier molecular flexibility index (Phi) is 3.89. The number of hydrogen-bond acceptors (Lipinski definition) is 3. The van der Waals surface area contributed by atoms with Crippen LogP contribution in [0.4, 0.5) is 0 Å². The maximum atomic E-state index is 10.3. The third kappa shape index (κ3) is 3.28. The molecule has 0 saturated carbocycles. The van der Waals surface area contributed by atoms with Crippen molar-refractivity contribution in [3.63, 3.8) is 0 Å². The van der Waals surface area contributed by atoms with E-state index in [1.807, 2.05) is 24.4 Å². The molecule has 0 radical (unpaired) electrons. The molecule has 2 rings (SSSR count). The molecule has 0 aliphatic heterocycles.